The van der Waals surface area contributed by atoms with Gasteiger partial charge in [0, 0.05) is 0 Å². The number of methoxy groups -OCH3 is 1. The third-order valence-corrected chi connectivity index (χ3v) is 4.20. The second-order valence-corrected chi connectivity index (χ2v) is 5.96. The van der Waals surface area contributed by atoms with Crippen LogP contribution in [0.1, 0.15) is 61.9 Å². The van der Waals surface area contributed by atoms with Gasteiger partial charge in [-0.05, 0) is 50.3 Å². The van der Waals surface area contributed by atoms with Gasteiger partial charge in [0.1, 0.15) is 5.76 Å². The number of ether oxygens (including phenoxy) is 1. The molecule has 1 saturated carbocycles. The molecule has 0 aromatic carbocycles. The molecular formula is C16H25NO3. The van der Waals surface area contributed by atoms with Gasteiger partial charge in [0.05, 0.1) is 13.2 Å². The normalized spacial score (nSPS) is 24.4. The lowest BCUT2D eigenvalue weighted by molar-refractivity contribution is 0.0562. The Morgan fingerprint density at radius 1 is 1.50 bits per heavy atom. The molecule has 1 aliphatic rings. The number of carbonyl (C=O) groups is 1. The SMILES string of the molecule is COC(=O)c1ccc(C(C)NCC2CCCC(C)C2)o1. The van der Waals surface area contributed by atoms with Crippen molar-refractivity contribution in [2.45, 2.75) is 45.6 Å². The van der Waals surface area contributed by atoms with Crippen molar-refractivity contribution in [2.75, 3.05) is 13.7 Å². The van der Waals surface area contributed by atoms with Crippen molar-refractivity contribution in [3.63, 3.8) is 0 Å². The van der Waals surface area contributed by atoms with Crippen LogP contribution in [0.4, 0.5) is 0 Å². The minimum atomic E-state index is -0.426. The average Bonchev–Trinajstić information content (AvgIpc) is 2.94. The highest BCUT2D eigenvalue weighted by Crippen LogP contribution is 2.28. The molecule has 4 heteroatoms. The number of hydrogen-bond acceptors (Lipinski definition) is 4. The van der Waals surface area contributed by atoms with Gasteiger partial charge < -0.3 is 14.5 Å². The molecule has 0 amide bonds. The van der Waals surface area contributed by atoms with Crippen molar-refractivity contribution in [3.8, 4) is 0 Å². The van der Waals surface area contributed by atoms with Crippen LogP contribution in [0.15, 0.2) is 16.5 Å². The first kappa shape index (κ1) is 15.1. The lowest BCUT2D eigenvalue weighted by Crippen LogP contribution is -2.28. The van der Waals surface area contributed by atoms with E-state index in [1.165, 1.54) is 32.8 Å². The fourth-order valence-electron chi connectivity index (χ4n) is 2.99. The summed E-state index contributed by atoms with van der Waals surface area (Å²) in [6.45, 7) is 5.41. The van der Waals surface area contributed by atoms with Crippen molar-refractivity contribution in [1.82, 2.24) is 5.32 Å². The Labute approximate surface area is 120 Å². The Hall–Kier alpha value is -1.29. The molecule has 3 atom stereocenters. The highest BCUT2D eigenvalue weighted by atomic mass is 16.5. The molecule has 0 spiro atoms. The first-order valence-corrected chi connectivity index (χ1v) is 7.51. The molecule has 1 aliphatic carbocycles. The van der Waals surface area contributed by atoms with Crippen LogP contribution >= 0.6 is 0 Å². The van der Waals surface area contributed by atoms with Gasteiger partial charge in [0.2, 0.25) is 5.76 Å². The van der Waals surface area contributed by atoms with E-state index in [9.17, 15) is 4.79 Å². The summed E-state index contributed by atoms with van der Waals surface area (Å²) >= 11 is 0. The number of nitrogens with one attached hydrogen (secondary N) is 1. The van der Waals surface area contributed by atoms with E-state index in [0.29, 0.717) is 0 Å². The third kappa shape index (κ3) is 3.85. The molecule has 1 heterocycles. The molecule has 0 bridgehead atoms. The summed E-state index contributed by atoms with van der Waals surface area (Å²) in [5.74, 6) is 2.23. The minimum Gasteiger partial charge on any atom is -0.463 e. The van der Waals surface area contributed by atoms with Gasteiger partial charge in [0.15, 0.2) is 0 Å². The Kier molecular flexibility index (Phi) is 5.24. The topological polar surface area (TPSA) is 51.5 Å². The zero-order chi connectivity index (χ0) is 14.5. The van der Waals surface area contributed by atoms with Crippen LogP contribution in [0.25, 0.3) is 0 Å². The highest BCUT2D eigenvalue weighted by molar-refractivity contribution is 5.86. The van der Waals surface area contributed by atoms with Crippen LogP contribution in [-0.4, -0.2) is 19.6 Å². The van der Waals surface area contributed by atoms with E-state index in [-0.39, 0.29) is 11.8 Å². The van der Waals surface area contributed by atoms with Gasteiger partial charge in [-0.2, -0.15) is 0 Å². The lowest BCUT2D eigenvalue weighted by Gasteiger charge is -2.27. The molecular weight excluding hydrogens is 254 g/mol. The minimum absolute atomic E-state index is 0.116. The molecule has 0 radical (unpaired) electrons. The Morgan fingerprint density at radius 3 is 3.00 bits per heavy atom. The predicted molar refractivity (Wildman–Crippen MR) is 77.6 cm³/mol. The number of hydrogen-bond donors (Lipinski definition) is 1. The van der Waals surface area contributed by atoms with E-state index in [4.69, 9.17) is 4.42 Å². The van der Waals surface area contributed by atoms with E-state index in [1.807, 2.05) is 6.07 Å². The maximum Gasteiger partial charge on any atom is 0.373 e. The predicted octanol–water partition coefficient (Wildman–Crippen LogP) is 3.54. The van der Waals surface area contributed by atoms with Crippen molar-refractivity contribution in [3.05, 3.63) is 23.7 Å². The zero-order valence-corrected chi connectivity index (χ0v) is 12.6. The maximum atomic E-state index is 11.4. The van der Waals surface area contributed by atoms with Crippen LogP contribution in [0.5, 0.6) is 0 Å². The van der Waals surface area contributed by atoms with Crippen molar-refractivity contribution >= 4 is 5.97 Å². The monoisotopic (exact) mass is 279 g/mol. The van der Waals surface area contributed by atoms with Gasteiger partial charge in [0.25, 0.3) is 0 Å². The second kappa shape index (κ2) is 6.93. The Morgan fingerprint density at radius 2 is 2.30 bits per heavy atom. The third-order valence-electron chi connectivity index (χ3n) is 4.20. The molecule has 0 saturated heterocycles. The van der Waals surface area contributed by atoms with E-state index in [2.05, 4.69) is 23.9 Å². The molecule has 1 aromatic heterocycles. The van der Waals surface area contributed by atoms with E-state index in [1.54, 1.807) is 6.07 Å². The summed E-state index contributed by atoms with van der Waals surface area (Å²) in [5.41, 5.74) is 0. The van der Waals surface area contributed by atoms with Gasteiger partial charge in [-0.3, -0.25) is 0 Å². The standard InChI is InChI=1S/C16H25NO3/c1-11-5-4-6-13(9-11)10-17-12(2)14-7-8-15(20-14)16(18)19-3/h7-8,11-13,17H,4-6,9-10H2,1-3H3. The molecule has 2 rings (SSSR count). The summed E-state index contributed by atoms with van der Waals surface area (Å²) in [6.07, 6.45) is 5.34. The van der Waals surface area contributed by atoms with Gasteiger partial charge in [-0.25, -0.2) is 4.79 Å². The van der Waals surface area contributed by atoms with Crippen molar-refractivity contribution < 1.29 is 13.9 Å². The summed E-state index contributed by atoms with van der Waals surface area (Å²) in [5, 5.41) is 3.51. The van der Waals surface area contributed by atoms with Gasteiger partial charge in [-0.1, -0.05) is 19.8 Å². The number of furan rings is 1. The molecule has 3 unspecified atom stereocenters. The fraction of sp³-hybridized carbons (Fsp3) is 0.688. The average molecular weight is 279 g/mol. The first-order chi connectivity index (χ1) is 9.60. The fourth-order valence-corrected chi connectivity index (χ4v) is 2.99. The zero-order valence-electron chi connectivity index (χ0n) is 12.6. The number of esters is 1. The molecule has 1 fully saturated rings. The van der Waals surface area contributed by atoms with Crippen molar-refractivity contribution in [1.29, 1.82) is 0 Å². The van der Waals surface area contributed by atoms with E-state index >= 15 is 0 Å². The van der Waals surface area contributed by atoms with E-state index < -0.39 is 5.97 Å². The van der Waals surface area contributed by atoms with Crippen LogP contribution in [0.2, 0.25) is 0 Å². The summed E-state index contributed by atoms with van der Waals surface area (Å²) < 4.78 is 10.2. The van der Waals surface area contributed by atoms with E-state index in [0.717, 1.165) is 24.1 Å². The molecule has 0 aliphatic heterocycles. The Balaban J connectivity index is 1.83. The summed E-state index contributed by atoms with van der Waals surface area (Å²) in [4.78, 5) is 11.4. The van der Waals surface area contributed by atoms with Gasteiger partial charge in [-0.15, -0.1) is 0 Å². The summed E-state index contributed by atoms with van der Waals surface area (Å²) in [7, 11) is 1.36. The van der Waals surface area contributed by atoms with Crippen LogP contribution in [-0.2, 0) is 4.74 Å². The number of rotatable bonds is 5. The molecule has 1 aromatic rings. The Bertz CT molecular complexity index is 441. The lowest BCUT2D eigenvalue weighted by atomic mass is 9.82. The second-order valence-electron chi connectivity index (χ2n) is 5.96. The molecule has 4 nitrogen and oxygen atoms in total. The quantitative estimate of drug-likeness (QED) is 0.838. The summed E-state index contributed by atoms with van der Waals surface area (Å²) in [6, 6.07) is 3.63. The van der Waals surface area contributed by atoms with Gasteiger partial charge >= 0.3 is 5.97 Å². The largest absolute Gasteiger partial charge is 0.463 e. The maximum absolute atomic E-state index is 11.4. The molecule has 20 heavy (non-hydrogen) atoms. The van der Waals surface area contributed by atoms with Crippen LogP contribution in [0, 0.1) is 11.8 Å². The first-order valence-electron chi connectivity index (χ1n) is 7.51. The van der Waals surface area contributed by atoms with Crippen molar-refractivity contribution in [2.24, 2.45) is 11.8 Å². The smallest absolute Gasteiger partial charge is 0.373 e. The molecule has 1 N–H and O–H groups in total. The number of carbonyl (C=O) groups excluding carboxylic acids is 1. The van der Waals surface area contributed by atoms with Crippen LogP contribution in [0.3, 0.4) is 0 Å². The van der Waals surface area contributed by atoms with Crippen LogP contribution < -0.4 is 5.32 Å². The molecule has 112 valence electrons. The highest BCUT2D eigenvalue weighted by Gasteiger charge is 2.20.